The van der Waals surface area contributed by atoms with Crippen molar-refractivity contribution in [1.29, 1.82) is 0 Å². The van der Waals surface area contributed by atoms with Crippen LogP contribution in [0.15, 0.2) is 5.38 Å². The van der Waals surface area contributed by atoms with E-state index in [0.29, 0.717) is 17.5 Å². The van der Waals surface area contributed by atoms with Crippen molar-refractivity contribution >= 4 is 28.8 Å². The quantitative estimate of drug-likeness (QED) is 0.848. The third-order valence-corrected chi connectivity index (χ3v) is 5.79. The van der Waals surface area contributed by atoms with Crippen LogP contribution in [0.2, 0.25) is 5.02 Å². The Hall–Kier alpha value is -1.40. The molecule has 1 amide bonds. The lowest BCUT2D eigenvalue weighted by Crippen LogP contribution is -2.42. The van der Waals surface area contributed by atoms with Gasteiger partial charge >= 0.3 is 0 Å². The summed E-state index contributed by atoms with van der Waals surface area (Å²) in [5.41, 5.74) is 2.47. The maximum absolute atomic E-state index is 12.5. The fourth-order valence-electron chi connectivity index (χ4n) is 3.01. The highest BCUT2D eigenvalue weighted by Gasteiger charge is 2.24. The minimum atomic E-state index is 0.167. The second-order valence-electron chi connectivity index (χ2n) is 6.13. The topological polar surface area (TPSA) is 51.0 Å². The summed E-state index contributed by atoms with van der Waals surface area (Å²) in [5.74, 6) is 0.167. The van der Waals surface area contributed by atoms with Crippen molar-refractivity contribution in [3.63, 3.8) is 0 Å². The molecule has 124 valence electrons. The zero-order valence-corrected chi connectivity index (χ0v) is 15.2. The molecule has 0 aromatic carbocycles. The lowest BCUT2D eigenvalue weighted by atomic mass is 10.0. The number of hydrogen-bond acceptors (Lipinski definition) is 4. The summed E-state index contributed by atoms with van der Waals surface area (Å²) in [4.78, 5) is 19.1. The molecule has 0 spiro atoms. The van der Waals surface area contributed by atoms with Gasteiger partial charge in [0.05, 0.1) is 28.5 Å². The van der Waals surface area contributed by atoms with Crippen LogP contribution in [0.1, 0.15) is 43.3 Å². The van der Waals surface area contributed by atoms with Crippen LogP contribution in [0, 0.1) is 13.8 Å². The Morgan fingerprint density at radius 2 is 2.22 bits per heavy atom. The van der Waals surface area contributed by atoms with Crippen LogP contribution >= 0.6 is 22.9 Å². The van der Waals surface area contributed by atoms with E-state index in [4.69, 9.17) is 11.6 Å². The first-order valence-electron chi connectivity index (χ1n) is 7.93. The molecule has 1 saturated heterocycles. The molecule has 1 aliphatic rings. The molecule has 2 aromatic rings. The molecule has 5 nitrogen and oxygen atoms in total. The minimum absolute atomic E-state index is 0.167. The number of rotatable bonds is 3. The fourth-order valence-corrected chi connectivity index (χ4v) is 3.95. The lowest BCUT2D eigenvalue weighted by molar-refractivity contribution is -0.133. The maximum Gasteiger partial charge on any atom is 0.228 e. The first kappa shape index (κ1) is 16.5. The highest BCUT2D eigenvalue weighted by molar-refractivity contribution is 7.12. The number of carbonyl (C=O) groups is 1. The van der Waals surface area contributed by atoms with Crippen LogP contribution < -0.4 is 0 Å². The van der Waals surface area contributed by atoms with Crippen LogP contribution in [0.25, 0.3) is 5.13 Å². The number of likely N-dealkylation sites (tertiary alicyclic amines) is 1. The van der Waals surface area contributed by atoms with Crippen molar-refractivity contribution in [2.24, 2.45) is 0 Å². The molecule has 3 heterocycles. The van der Waals surface area contributed by atoms with Crippen molar-refractivity contribution < 1.29 is 4.79 Å². The summed E-state index contributed by atoms with van der Waals surface area (Å²) >= 11 is 7.68. The Morgan fingerprint density at radius 3 is 2.87 bits per heavy atom. The molecule has 0 radical (unpaired) electrons. The van der Waals surface area contributed by atoms with Crippen molar-refractivity contribution in [3.05, 3.63) is 27.5 Å². The SMILES string of the molecule is Cc1nn(-c2nc(CC(=O)N3CCCC[C@@H]3C)cs2)c(C)c1Cl. The summed E-state index contributed by atoms with van der Waals surface area (Å²) in [5, 5.41) is 7.77. The summed E-state index contributed by atoms with van der Waals surface area (Å²) in [6.07, 6.45) is 3.76. The van der Waals surface area contributed by atoms with E-state index in [9.17, 15) is 4.79 Å². The van der Waals surface area contributed by atoms with Gasteiger partial charge in [0.25, 0.3) is 0 Å². The lowest BCUT2D eigenvalue weighted by Gasteiger charge is -2.33. The first-order valence-corrected chi connectivity index (χ1v) is 9.19. The van der Waals surface area contributed by atoms with Gasteiger partial charge in [0.2, 0.25) is 11.0 Å². The highest BCUT2D eigenvalue weighted by Crippen LogP contribution is 2.25. The number of halogens is 1. The zero-order chi connectivity index (χ0) is 16.6. The average molecular weight is 353 g/mol. The largest absolute Gasteiger partial charge is 0.340 e. The van der Waals surface area contributed by atoms with E-state index in [0.717, 1.165) is 41.6 Å². The molecule has 2 aromatic heterocycles. The van der Waals surface area contributed by atoms with E-state index in [2.05, 4.69) is 17.0 Å². The van der Waals surface area contributed by atoms with E-state index >= 15 is 0 Å². The van der Waals surface area contributed by atoms with Gasteiger partial charge in [0.1, 0.15) is 0 Å². The van der Waals surface area contributed by atoms with Crippen molar-refractivity contribution in [3.8, 4) is 5.13 Å². The molecule has 0 aliphatic carbocycles. The van der Waals surface area contributed by atoms with Crippen molar-refractivity contribution in [2.45, 2.75) is 52.5 Å². The number of thiazole rings is 1. The number of nitrogens with zero attached hydrogens (tertiary/aromatic N) is 4. The Morgan fingerprint density at radius 1 is 1.43 bits per heavy atom. The zero-order valence-electron chi connectivity index (χ0n) is 13.7. The molecular weight excluding hydrogens is 332 g/mol. The van der Waals surface area contributed by atoms with E-state index in [1.165, 1.54) is 17.8 Å². The van der Waals surface area contributed by atoms with Crippen LogP contribution in [-0.4, -0.2) is 38.2 Å². The van der Waals surface area contributed by atoms with Gasteiger partial charge in [-0.15, -0.1) is 11.3 Å². The molecule has 3 rings (SSSR count). The maximum atomic E-state index is 12.5. The molecular formula is C16H21ClN4OS. The summed E-state index contributed by atoms with van der Waals surface area (Å²) < 4.78 is 1.75. The minimum Gasteiger partial charge on any atom is -0.340 e. The second kappa shape index (κ2) is 6.61. The van der Waals surface area contributed by atoms with Crippen LogP contribution in [0.3, 0.4) is 0 Å². The smallest absolute Gasteiger partial charge is 0.228 e. The molecule has 0 bridgehead atoms. The third-order valence-electron chi connectivity index (χ3n) is 4.38. The molecule has 0 saturated carbocycles. The highest BCUT2D eigenvalue weighted by atomic mass is 35.5. The molecule has 23 heavy (non-hydrogen) atoms. The van der Waals surface area contributed by atoms with E-state index in [1.54, 1.807) is 4.68 Å². The number of piperidine rings is 1. The molecule has 0 unspecified atom stereocenters. The monoisotopic (exact) mass is 352 g/mol. The van der Waals surface area contributed by atoms with Gasteiger partial charge in [0.15, 0.2) is 0 Å². The first-order chi connectivity index (χ1) is 11.0. The standard InChI is InChI=1S/C16H21ClN4OS/c1-10-6-4-5-7-20(10)14(22)8-13-9-23-16(18-13)21-12(3)15(17)11(2)19-21/h9-10H,4-8H2,1-3H3/t10-/m0/s1. The van der Waals surface area contributed by atoms with Gasteiger partial charge in [-0.05, 0) is 40.0 Å². The van der Waals surface area contributed by atoms with Crippen LogP contribution in [0.5, 0.6) is 0 Å². The molecule has 7 heteroatoms. The number of aromatic nitrogens is 3. The van der Waals surface area contributed by atoms with Gasteiger partial charge in [0, 0.05) is 18.0 Å². The van der Waals surface area contributed by atoms with Crippen LogP contribution in [-0.2, 0) is 11.2 Å². The molecule has 1 fully saturated rings. The Bertz CT molecular complexity index is 724. The number of amides is 1. The van der Waals surface area contributed by atoms with Gasteiger partial charge in [-0.2, -0.15) is 5.10 Å². The van der Waals surface area contributed by atoms with E-state index < -0.39 is 0 Å². The Balaban J connectivity index is 1.74. The van der Waals surface area contributed by atoms with Gasteiger partial charge in [-0.1, -0.05) is 11.6 Å². The van der Waals surface area contributed by atoms with E-state index in [-0.39, 0.29) is 5.91 Å². The summed E-state index contributed by atoms with van der Waals surface area (Å²) in [7, 11) is 0. The van der Waals surface area contributed by atoms with Crippen molar-refractivity contribution in [1.82, 2.24) is 19.7 Å². The van der Waals surface area contributed by atoms with Gasteiger partial charge < -0.3 is 4.90 Å². The van der Waals surface area contributed by atoms with Gasteiger partial charge in [-0.3, -0.25) is 4.79 Å². The third kappa shape index (κ3) is 3.28. The molecule has 1 atom stereocenters. The number of carbonyl (C=O) groups excluding carboxylic acids is 1. The molecule has 1 aliphatic heterocycles. The Labute approximate surface area is 145 Å². The van der Waals surface area contributed by atoms with Crippen molar-refractivity contribution in [2.75, 3.05) is 6.54 Å². The summed E-state index contributed by atoms with van der Waals surface area (Å²) in [6.45, 7) is 6.79. The average Bonchev–Trinajstić information content (AvgIpc) is 3.08. The predicted molar refractivity (Wildman–Crippen MR) is 92.5 cm³/mol. The number of hydrogen-bond donors (Lipinski definition) is 0. The Kier molecular flexibility index (Phi) is 4.73. The predicted octanol–water partition coefficient (Wildman–Crippen LogP) is 3.54. The second-order valence-corrected chi connectivity index (χ2v) is 7.34. The normalized spacial score (nSPS) is 18.4. The number of aryl methyl sites for hydroxylation is 1. The molecule has 0 N–H and O–H groups in total. The van der Waals surface area contributed by atoms with E-state index in [1.807, 2.05) is 24.1 Å². The van der Waals surface area contributed by atoms with Gasteiger partial charge in [-0.25, -0.2) is 9.67 Å². The van der Waals surface area contributed by atoms with Crippen LogP contribution in [0.4, 0.5) is 0 Å². The summed E-state index contributed by atoms with van der Waals surface area (Å²) in [6, 6.07) is 0.337. The fraction of sp³-hybridized carbons (Fsp3) is 0.562.